The van der Waals surface area contributed by atoms with Gasteiger partial charge in [0.05, 0.1) is 0 Å². The molecule has 0 saturated heterocycles. The molecule has 0 aromatic carbocycles. The molecule has 1 atom stereocenters. The molecule has 13 heavy (non-hydrogen) atoms. The number of hydrogen-bond donors (Lipinski definition) is 1. The van der Waals surface area contributed by atoms with Crippen LogP contribution in [0.1, 0.15) is 52.4 Å². The molecule has 1 unspecified atom stereocenters. The molecule has 1 heteroatoms. The van der Waals surface area contributed by atoms with E-state index in [1.807, 2.05) is 0 Å². The largest absolute Gasteiger partial charge is 0.313 e. The molecule has 0 amide bonds. The molecular formula is C12H23N. The van der Waals surface area contributed by atoms with Gasteiger partial charge in [0.1, 0.15) is 0 Å². The van der Waals surface area contributed by atoms with Crippen LogP contribution in [-0.2, 0) is 0 Å². The summed E-state index contributed by atoms with van der Waals surface area (Å²) in [5.74, 6) is 0.934. The Morgan fingerprint density at radius 3 is 2.54 bits per heavy atom. The zero-order valence-electron chi connectivity index (χ0n) is 9.10. The molecule has 76 valence electrons. The van der Waals surface area contributed by atoms with Crippen molar-refractivity contribution in [2.45, 2.75) is 58.4 Å². The maximum absolute atomic E-state index is 3.69. The lowest BCUT2D eigenvalue weighted by molar-refractivity contribution is 0.345. The lowest BCUT2D eigenvalue weighted by Crippen LogP contribution is -2.27. The highest BCUT2D eigenvalue weighted by atomic mass is 15.0. The van der Waals surface area contributed by atoms with Gasteiger partial charge >= 0.3 is 0 Å². The maximum atomic E-state index is 3.69. The van der Waals surface area contributed by atoms with Crippen LogP contribution in [0.15, 0.2) is 0 Å². The maximum Gasteiger partial charge on any atom is 0.00684 e. The minimum atomic E-state index is 0.734. The molecule has 0 aromatic rings. The van der Waals surface area contributed by atoms with Crippen LogP contribution in [0.3, 0.4) is 0 Å². The van der Waals surface area contributed by atoms with Crippen LogP contribution in [0.5, 0.6) is 0 Å². The summed E-state index contributed by atoms with van der Waals surface area (Å²) in [5.41, 5.74) is 0.734. The van der Waals surface area contributed by atoms with Crippen LogP contribution in [0.25, 0.3) is 0 Å². The molecule has 2 saturated carbocycles. The molecule has 2 rings (SSSR count). The standard InChI is InChI=1S/C12H23N/c1-3-10(2)8-12(6-7-12)9-13-11-4-5-11/h10-11,13H,3-9H2,1-2H3. The van der Waals surface area contributed by atoms with Crippen molar-refractivity contribution in [2.75, 3.05) is 6.54 Å². The van der Waals surface area contributed by atoms with Crippen molar-refractivity contribution >= 4 is 0 Å². The van der Waals surface area contributed by atoms with Crippen LogP contribution in [0.4, 0.5) is 0 Å². The Morgan fingerprint density at radius 1 is 1.38 bits per heavy atom. The Kier molecular flexibility index (Phi) is 2.64. The monoisotopic (exact) mass is 181 g/mol. The van der Waals surface area contributed by atoms with Crippen molar-refractivity contribution in [3.8, 4) is 0 Å². The third kappa shape index (κ3) is 2.70. The van der Waals surface area contributed by atoms with E-state index in [2.05, 4.69) is 19.2 Å². The molecule has 0 spiro atoms. The first-order valence-electron chi connectivity index (χ1n) is 5.97. The van der Waals surface area contributed by atoms with Crippen LogP contribution < -0.4 is 5.32 Å². The Morgan fingerprint density at radius 2 is 2.08 bits per heavy atom. The van der Waals surface area contributed by atoms with E-state index in [0.717, 1.165) is 17.4 Å². The predicted octanol–water partition coefficient (Wildman–Crippen LogP) is 2.95. The Labute approximate surface area is 82.3 Å². The van der Waals surface area contributed by atoms with Crippen LogP contribution in [0, 0.1) is 11.3 Å². The van der Waals surface area contributed by atoms with Gasteiger partial charge < -0.3 is 5.32 Å². The molecule has 2 fully saturated rings. The zero-order valence-corrected chi connectivity index (χ0v) is 9.10. The Bertz CT molecular complexity index is 168. The van der Waals surface area contributed by atoms with Gasteiger partial charge in [-0.1, -0.05) is 20.3 Å². The van der Waals surface area contributed by atoms with Crippen molar-refractivity contribution in [1.82, 2.24) is 5.32 Å². The minimum absolute atomic E-state index is 0.734. The highest BCUT2D eigenvalue weighted by Gasteiger charge is 2.43. The van der Waals surface area contributed by atoms with E-state index in [0.29, 0.717) is 0 Å². The zero-order chi connectivity index (χ0) is 9.31. The number of hydrogen-bond acceptors (Lipinski definition) is 1. The van der Waals surface area contributed by atoms with Gasteiger partial charge in [0.2, 0.25) is 0 Å². The van der Waals surface area contributed by atoms with E-state index in [1.165, 1.54) is 45.1 Å². The van der Waals surface area contributed by atoms with E-state index in [4.69, 9.17) is 0 Å². The van der Waals surface area contributed by atoms with Gasteiger partial charge in [-0.3, -0.25) is 0 Å². The predicted molar refractivity (Wildman–Crippen MR) is 56.8 cm³/mol. The first-order chi connectivity index (χ1) is 6.24. The molecule has 2 aliphatic carbocycles. The van der Waals surface area contributed by atoms with Gasteiger partial charge in [-0.2, -0.15) is 0 Å². The first-order valence-corrected chi connectivity index (χ1v) is 5.97. The fourth-order valence-electron chi connectivity index (χ4n) is 2.16. The van der Waals surface area contributed by atoms with E-state index >= 15 is 0 Å². The summed E-state index contributed by atoms with van der Waals surface area (Å²) in [6.45, 7) is 6.02. The summed E-state index contributed by atoms with van der Waals surface area (Å²) in [7, 11) is 0. The summed E-state index contributed by atoms with van der Waals surface area (Å²) in [6, 6.07) is 0.898. The third-order valence-corrected chi connectivity index (χ3v) is 3.78. The molecule has 0 aromatic heterocycles. The lowest BCUT2D eigenvalue weighted by atomic mass is 9.91. The minimum Gasteiger partial charge on any atom is -0.313 e. The highest BCUT2D eigenvalue weighted by Crippen LogP contribution is 2.50. The average Bonchev–Trinajstić information content (AvgIpc) is 2.97. The first kappa shape index (κ1) is 9.51. The normalized spacial score (nSPS) is 27.2. The summed E-state index contributed by atoms with van der Waals surface area (Å²) >= 11 is 0. The molecule has 0 aliphatic heterocycles. The molecule has 1 nitrogen and oxygen atoms in total. The summed E-state index contributed by atoms with van der Waals surface area (Å²) < 4.78 is 0. The molecule has 2 aliphatic rings. The Balaban J connectivity index is 1.68. The lowest BCUT2D eigenvalue weighted by Gasteiger charge is -2.19. The van der Waals surface area contributed by atoms with Gasteiger partial charge in [0.15, 0.2) is 0 Å². The molecule has 0 heterocycles. The van der Waals surface area contributed by atoms with E-state index < -0.39 is 0 Å². The van der Waals surface area contributed by atoms with E-state index in [-0.39, 0.29) is 0 Å². The fraction of sp³-hybridized carbons (Fsp3) is 1.00. The smallest absolute Gasteiger partial charge is 0.00684 e. The van der Waals surface area contributed by atoms with Gasteiger partial charge in [-0.15, -0.1) is 0 Å². The molecule has 0 radical (unpaired) electrons. The number of nitrogens with one attached hydrogen (secondary N) is 1. The van der Waals surface area contributed by atoms with Crippen LogP contribution >= 0.6 is 0 Å². The van der Waals surface area contributed by atoms with Gasteiger partial charge in [-0.25, -0.2) is 0 Å². The van der Waals surface area contributed by atoms with Crippen molar-refractivity contribution in [3.05, 3.63) is 0 Å². The van der Waals surface area contributed by atoms with Crippen LogP contribution in [0.2, 0.25) is 0 Å². The fourth-order valence-corrected chi connectivity index (χ4v) is 2.16. The van der Waals surface area contributed by atoms with E-state index in [9.17, 15) is 0 Å². The number of rotatable bonds is 6. The topological polar surface area (TPSA) is 12.0 Å². The quantitative estimate of drug-likeness (QED) is 0.664. The van der Waals surface area contributed by atoms with Gasteiger partial charge in [0.25, 0.3) is 0 Å². The van der Waals surface area contributed by atoms with Crippen LogP contribution in [-0.4, -0.2) is 12.6 Å². The molecule has 0 bridgehead atoms. The van der Waals surface area contributed by atoms with Crippen molar-refractivity contribution in [3.63, 3.8) is 0 Å². The Hall–Kier alpha value is -0.0400. The van der Waals surface area contributed by atoms with Gasteiger partial charge in [-0.05, 0) is 43.4 Å². The second-order valence-electron chi connectivity index (χ2n) is 5.37. The van der Waals surface area contributed by atoms with Crippen molar-refractivity contribution in [2.24, 2.45) is 11.3 Å². The molecule has 1 N–H and O–H groups in total. The van der Waals surface area contributed by atoms with Gasteiger partial charge in [0, 0.05) is 12.6 Å². The van der Waals surface area contributed by atoms with Crippen molar-refractivity contribution in [1.29, 1.82) is 0 Å². The van der Waals surface area contributed by atoms with E-state index in [1.54, 1.807) is 0 Å². The highest BCUT2D eigenvalue weighted by molar-refractivity contribution is 4.97. The van der Waals surface area contributed by atoms with Crippen molar-refractivity contribution < 1.29 is 0 Å². The summed E-state index contributed by atoms with van der Waals surface area (Å²) in [4.78, 5) is 0. The third-order valence-electron chi connectivity index (χ3n) is 3.78. The molecular weight excluding hydrogens is 158 g/mol. The summed E-state index contributed by atoms with van der Waals surface area (Å²) in [6.07, 6.45) is 8.64. The SMILES string of the molecule is CCC(C)CC1(CNC2CC2)CC1. The second-order valence-corrected chi connectivity index (χ2v) is 5.37. The average molecular weight is 181 g/mol. The summed E-state index contributed by atoms with van der Waals surface area (Å²) in [5, 5.41) is 3.69. The second kappa shape index (κ2) is 3.61.